The van der Waals surface area contributed by atoms with Gasteiger partial charge >= 0.3 is 0 Å². The fraction of sp³-hybridized carbons (Fsp3) is 0.368. The first kappa shape index (κ1) is 19.1. The Balaban J connectivity index is 1.48. The topological polar surface area (TPSA) is 63.9 Å². The summed E-state index contributed by atoms with van der Waals surface area (Å²) in [5.41, 5.74) is 0.677. The standard InChI is InChI=1S/C19H20FN5OS2/c20-14-7-9-15(10-8-14)24(12-17-6-3-11-27-17)18(26)13-28-19-21-22-23-25(19)16-4-1-2-5-16/h3,6-11,16H,1-2,4-5,12-13H2. The van der Waals surface area contributed by atoms with E-state index in [2.05, 4.69) is 15.5 Å². The van der Waals surface area contributed by atoms with Gasteiger partial charge in [-0.25, -0.2) is 9.07 Å². The van der Waals surface area contributed by atoms with E-state index >= 15 is 0 Å². The molecule has 0 atom stereocenters. The fourth-order valence-electron chi connectivity index (χ4n) is 3.37. The number of nitrogens with zero attached hydrogens (tertiary/aromatic N) is 5. The van der Waals surface area contributed by atoms with Crippen LogP contribution < -0.4 is 4.90 Å². The molecule has 2 aromatic heterocycles. The zero-order chi connectivity index (χ0) is 19.3. The Kier molecular flexibility index (Phi) is 6.01. The van der Waals surface area contributed by atoms with E-state index in [0.717, 1.165) is 17.7 Å². The smallest absolute Gasteiger partial charge is 0.237 e. The van der Waals surface area contributed by atoms with Gasteiger partial charge in [0.05, 0.1) is 18.3 Å². The van der Waals surface area contributed by atoms with Crippen molar-refractivity contribution in [1.82, 2.24) is 20.2 Å². The van der Waals surface area contributed by atoms with E-state index in [9.17, 15) is 9.18 Å². The molecule has 1 saturated carbocycles. The molecule has 1 amide bonds. The molecule has 0 bridgehead atoms. The molecule has 0 unspecified atom stereocenters. The third-order valence-corrected chi connectivity index (χ3v) is 6.57. The largest absolute Gasteiger partial charge is 0.306 e. The van der Waals surface area contributed by atoms with Gasteiger partial charge in [0.2, 0.25) is 11.1 Å². The third-order valence-electron chi connectivity index (χ3n) is 4.79. The lowest BCUT2D eigenvalue weighted by molar-refractivity contribution is -0.116. The predicted octanol–water partition coefficient (Wildman–Crippen LogP) is 4.31. The van der Waals surface area contributed by atoms with Crippen molar-refractivity contribution in [3.63, 3.8) is 0 Å². The van der Waals surface area contributed by atoms with Crippen molar-refractivity contribution in [2.24, 2.45) is 0 Å². The Labute approximate surface area is 170 Å². The van der Waals surface area contributed by atoms with Crippen molar-refractivity contribution in [2.75, 3.05) is 10.7 Å². The van der Waals surface area contributed by atoms with Crippen molar-refractivity contribution in [2.45, 2.75) is 43.4 Å². The highest BCUT2D eigenvalue weighted by atomic mass is 32.2. The summed E-state index contributed by atoms with van der Waals surface area (Å²) in [5, 5.41) is 14.7. The first-order valence-electron chi connectivity index (χ1n) is 9.19. The van der Waals surface area contributed by atoms with Crippen LogP contribution in [0.4, 0.5) is 10.1 Å². The summed E-state index contributed by atoms with van der Waals surface area (Å²) in [6.07, 6.45) is 4.53. The molecule has 146 valence electrons. The summed E-state index contributed by atoms with van der Waals surface area (Å²) in [5.74, 6) is -0.168. The summed E-state index contributed by atoms with van der Waals surface area (Å²) in [7, 11) is 0. The number of rotatable bonds is 7. The number of carbonyl (C=O) groups is 1. The lowest BCUT2D eigenvalue weighted by Gasteiger charge is -2.22. The van der Waals surface area contributed by atoms with E-state index < -0.39 is 0 Å². The van der Waals surface area contributed by atoms with Crippen LogP contribution in [0.1, 0.15) is 36.6 Å². The number of hydrogen-bond acceptors (Lipinski definition) is 6. The molecular weight excluding hydrogens is 397 g/mol. The lowest BCUT2D eigenvalue weighted by atomic mass is 10.2. The molecule has 28 heavy (non-hydrogen) atoms. The second-order valence-corrected chi connectivity index (χ2v) is 8.64. The van der Waals surface area contributed by atoms with E-state index in [1.165, 1.54) is 36.7 Å². The van der Waals surface area contributed by atoms with Gasteiger partial charge in [0.15, 0.2) is 0 Å². The monoisotopic (exact) mass is 417 g/mol. The van der Waals surface area contributed by atoms with Crippen LogP contribution in [-0.4, -0.2) is 31.9 Å². The second kappa shape index (κ2) is 8.83. The van der Waals surface area contributed by atoms with Crippen LogP contribution in [0.5, 0.6) is 0 Å². The van der Waals surface area contributed by atoms with Crippen LogP contribution >= 0.6 is 23.1 Å². The Bertz CT molecular complexity index is 907. The van der Waals surface area contributed by atoms with Gasteiger partial charge in [0.1, 0.15) is 5.82 Å². The zero-order valence-electron chi connectivity index (χ0n) is 15.2. The number of halogens is 1. The highest BCUT2D eigenvalue weighted by Crippen LogP contribution is 2.31. The minimum Gasteiger partial charge on any atom is -0.306 e. The molecule has 0 spiro atoms. The van der Waals surface area contributed by atoms with Crippen LogP contribution in [0.2, 0.25) is 0 Å². The number of amides is 1. The van der Waals surface area contributed by atoms with Gasteiger partial charge in [-0.2, -0.15) is 0 Å². The molecule has 0 radical (unpaired) electrons. The van der Waals surface area contributed by atoms with E-state index in [1.807, 2.05) is 22.2 Å². The van der Waals surface area contributed by atoms with Crippen molar-refractivity contribution in [1.29, 1.82) is 0 Å². The molecule has 0 saturated heterocycles. The van der Waals surface area contributed by atoms with Gasteiger partial charge in [-0.1, -0.05) is 30.7 Å². The molecule has 3 aromatic rings. The van der Waals surface area contributed by atoms with E-state index in [4.69, 9.17) is 0 Å². The van der Waals surface area contributed by atoms with Crippen molar-refractivity contribution in [3.8, 4) is 0 Å². The van der Waals surface area contributed by atoms with Crippen LogP contribution in [0.25, 0.3) is 0 Å². The summed E-state index contributed by atoms with van der Waals surface area (Å²) in [6, 6.07) is 10.3. The minimum absolute atomic E-state index is 0.0639. The molecule has 0 N–H and O–H groups in total. The molecule has 1 aliphatic rings. The van der Waals surface area contributed by atoms with Crippen molar-refractivity contribution < 1.29 is 9.18 Å². The van der Waals surface area contributed by atoms with E-state index in [-0.39, 0.29) is 17.5 Å². The molecule has 4 rings (SSSR count). The summed E-state index contributed by atoms with van der Waals surface area (Å²) in [6.45, 7) is 0.455. The van der Waals surface area contributed by atoms with Crippen LogP contribution in [0, 0.1) is 5.82 Å². The number of anilines is 1. The lowest BCUT2D eigenvalue weighted by Crippen LogP contribution is -2.31. The number of benzene rings is 1. The maximum Gasteiger partial charge on any atom is 0.237 e. The van der Waals surface area contributed by atoms with Gasteiger partial charge in [-0.3, -0.25) is 4.79 Å². The quantitative estimate of drug-likeness (QED) is 0.536. The summed E-state index contributed by atoms with van der Waals surface area (Å²) in [4.78, 5) is 15.8. The van der Waals surface area contributed by atoms with Gasteiger partial charge in [-0.05, 0) is 59.0 Å². The second-order valence-electron chi connectivity index (χ2n) is 6.67. The van der Waals surface area contributed by atoms with E-state index in [0.29, 0.717) is 23.4 Å². The Morgan fingerprint density at radius 2 is 2.04 bits per heavy atom. The first-order chi connectivity index (χ1) is 13.7. The van der Waals surface area contributed by atoms with Crippen LogP contribution in [-0.2, 0) is 11.3 Å². The highest BCUT2D eigenvalue weighted by molar-refractivity contribution is 7.99. The summed E-state index contributed by atoms with van der Waals surface area (Å²) >= 11 is 2.94. The number of hydrogen-bond donors (Lipinski definition) is 0. The van der Waals surface area contributed by atoms with Crippen molar-refractivity contribution in [3.05, 3.63) is 52.5 Å². The Morgan fingerprint density at radius 3 is 2.75 bits per heavy atom. The van der Waals surface area contributed by atoms with Crippen LogP contribution in [0.15, 0.2) is 46.9 Å². The molecule has 9 heteroatoms. The number of carbonyl (C=O) groups excluding carboxylic acids is 1. The number of tetrazole rings is 1. The molecule has 0 aliphatic heterocycles. The van der Waals surface area contributed by atoms with Gasteiger partial charge < -0.3 is 4.90 Å². The van der Waals surface area contributed by atoms with Gasteiger partial charge in [0, 0.05) is 10.6 Å². The molecular formula is C19H20FN5OS2. The molecule has 2 heterocycles. The summed E-state index contributed by atoms with van der Waals surface area (Å²) < 4.78 is 15.2. The average Bonchev–Trinajstić information content (AvgIpc) is 3.47. The molecule has 1 aromatic carbocycles. The third kappa shape index (κ3) is 4.41. The Morgan fingerprint density at radius 1 is 1.25 bits per heavy atom. The van der Waals surface area contributed by atoms with Gasteiger partial charge in [0.25, 0.3) is 0 Å². The number of thioether (sulfide) groups is 1. The fourth-order valence-corrected chi connectivity index (χ4v) is 4.88. The average molecular weight is 418 g/mol. The number of aromatic nitrogens is 4. The number of thiophene rings is 1. The molecule has 1 aliphatic carbocycles. The van der Waals surface area contributed by atoms with Crippen molar-refractivity contribution >= 4 is 34.7 Å². The zero-order valence-corrected chi connectivity index (χ0v) is 16.8. The molecule has 6 nitrogen and oxygen atoms in total. The maximum absolute atomic E-state index is 13.3. The van der Waals surface area contributed by atoms with Gasteiger partial charge in [-0.15, -0.1) is 16.4 Å². The molecule has 1 fully saturated rings. The predicted molar refractivity (Wildman–Crippen MR) is 108 cm³/mol. The van der Waals surface area contributed by atoms with E-state index in [1.54, 1.807) is 28.4 Å². The van der Waals surface area contributed by atoms with Crippen LogP contribution in [0.3, 0.4) is 0 Å². The normalized spacial score (nSPS) is 14.5. The SMILES string of the molecule is O=C(CSc1nnnn1C1CCCC1)N(Cc1cccs1)c1ccc(F)cc1. The first-order valence-corrected chi connectivity index (χ1v) is 11.1. The minimum atomic E-state index is -0.322. The maximum atomic E-state index is 13.3. The highest BCUT2D eigenvalue weighted by Gasteiger charge is 2.23. The Hall–Kier alpha value is -2.26.